The summed E-state index contributed by atoms with van der Waals surface area (Å²) >= 11 is 0. The highest BCUT2D eigenvalue weighted by Gasteiger charge is 2.17. The molecule has 0 atom stereocenters. The quantitative estimate of drug-likeness (QED) is 0.320. The molecule has 0 N–H and O–H groups in total. The zero-order valence-electron chi connectivity index (χ0n) is 12.1. The van der Waals surface area contributed by atoms with E-state index in [-0.39, 0.29) is 16.8 Å². The maximum Gasteiger partial charge on any atom is 0.347 e. The van der Waals surface area contributed by atoms with Crippen molar-refractivity contribution in [3.63, 3.8) is 0 Å². The van der Waals surface area contributed by atoms with Crippen LogP contribution in [0.15, 0.2) is 57.7 Å². The summed E-state index contributed by atoms with van der Waals surface area (Å²) in [6, 6.07) is 12.0. The van der Waals surface area contributed by atoms with Crippen LogP contribution in [-0.2, 0) is 0 Å². The van der Waals surface area contributed by atoms with Crippen molar-refractivity contribution in [2.24, 2.45) is 0 Å². The molecule has 1 heterocycles. The van der Waals surface area contributed by atoms with Crippen LogP contribution in [0.25, 0.3) is 11.0 Å². The van der Waals surface area contributed by atoms with E-state index in [1.54, 1.807) is 24.3 Å². The summed E-state index contributed by atoms with van der Waals surface area (Å²) < 4.78 is 5.09. The predicted molar refractivity (Wildman–Crippen MR) is 83.7 cm³/mol. The molecule has 0 aliphatic carbocycles. The van der Waals surface area contributed by atoms with Gasteiger partial charge in [0.1, 0.15) is 11.1 Å². The highest BCUT2D eigenvalue weighted by molar-refractivity contribution is 6.09. The topological polar surface area (TPSA) is 90.4 Å². The molecule has 1 aromatic heterocycles. The SMILES string of the molecule is Cc1ccc(C(=O)c2cc3cc([N+](=O)[O-])ccc3oc2=O)cc1. The van der Waals surface area contributed by atoms with Crippen LogP contribution in [0.3, 0.4) is 0 Å². The average Bonchev–Trinajstić information content (AvgIpc) is 2.53. The van der Waals surface area contributed by atoms with Crippen LogP contribution in [-0.4, -0.2) is 10.7 Å². The minimum atomic E-state index is -0.767. The normalized spacial score (nSPS) is 10.7. The van der Waals surface area contributed by atoms with Crippen LogP contribution in [0.2, 0.25) is 0 Å². The van der Waals surface area contributed by atoms with Gasteiger partial charge in [-0.3, -0.25) is 14.9 Å². The molecule has 0 unspecified atom stereocenters. The summed E-state index contributed by atoms with van der Waals surface area (Å²) in [5.74, 6) is -0.479. The second-order valence-electron chi connectivity index (χ2n) is 5.12. The zero-order valence-corrected chi connectivity index (χ0v) is 12.1. The van der Waals surface area contributed by atoms with Crippen LogP contribution >= 0.6 is 0 Å². The number of carbonyl (C=O) groups is 1. The van der Waals surface area contributed by atoms with Crippen LogP contribution in [0.1, 0.15) is 21.5 Å². The predicted octanol–water partition coefficient (Wildman–Crippen LogP) is 3.24. The van der Waals surface area contributed by atoms with Crippen molar-refractivity contribution in [2.75, 3.05) is 0 Å². The first kappa shape index (κ1) is 14.6. The Kier molecular flexibility index (Phi) is 3.50. The van der Waals surface area contributed by atoms with E-state index in [1.807, 2.05) is 6.92 Å². The molecule has 0 aliphatic rings. The summed E-state index contributed by atoms with van der Waals surface area (Å²) in [6.45, 7) is 1.89. The number of nitro benzene ring substituents is 1. The molecule has 114 valence electrons. The second kappa shape index (κ2) is 5.49. The number of nitrogens with zero attached hydrogens (tertiary/aromatic N) is 1. The van der Waals surface area contributed by atoms with Gasteiger partial charge < -0.3 is 4.42 Å². The van der Waals surface area contributed by atoms with Crippen molar-refractivity contribution in [3.8, 4) is 0 Å². The largest absolute Gasteiger partial charge is 0.422 e. The minimum absolute atomic E-state index is 0.139. The number of nitro groups is 1. The van der Waals surface area contributed by atoms with Gasteiger partial charge in [0.25, 0.3) is 5.69 Å². The fourth-order valence-electron chi connectivity index (χ4n) is 2.24. The number of hydrogen-bond donors (Lipinski definition) is 0. The van der Waals surface area contributed by atoms with Gasteiger partial charge in [0.15, 0.2) is 5.78 Å². The van der Waals surface area contributed by atoms with Crippen LogP contribution in [0, 0.1) is 17.0 Å². The summed E-state index contributed by atoms with van der Waals surface area (Å²) in [5.41, 5.74) is 0.482. The molecule has 2 aromatic carbocycles. The van der Waals surface area contributed by atoms with Crippen LogP contribution < -0.4 is 5.63 Å². The van der Waals surface area contributed by atoms with E-state index in [4.69, 9.17) is 4.42 Å². The van der Waals surface area contributed by atoms with E-state index >= 15 is 0 Å². The molecule has 6 heteroatoms. The maximum atomic E-state index is 12.4. The van der Waals surface area contributed by atoms with Crippen molar-refractivity contribution in [2.45, 2.75) is 6.92 Å². The number of rotatable bonds is 3. The first-order chi connectivity index (χ1) is 11.0. The smallest absolute Gasteiger partial charge is 0.347 e. The second-order valence-corrected chi connectivity index (χ2v) is 5.12. The molecule has 3 aromatic rings. The molecule has 0 radical (unpaired) electrons. The van der Waals surface area contributed by atoms with Gasteiger partial charge in [0.05, 0.1) is 4.92 Å². The standard InChI is InChI=1S/C17H11NO5/c1-10-2-4-11(5-3-10)16(19)14-9-12-8-13(18(21)22)6-7-15(12)23-17(14)20/h2-9H,1H3. The van der Waals surface area contributed by atoms with E-state index in [9.17, 15) is 19.7 Å². The Hall–Kier alpha value is -3.28. The first-order valence-electron chi connectivity index (χ1n) is 6.79. The fraction of sp³-hybridized carbons (Fsp3) is 0.0588. The van der Waals surface area contributed by atoms with Gasteiger partial charge in [0.2, 0.25) is 0 Å². The van der Waals surface area contributed by atoms with Crippen LogP contribution in [0.4, 0.5) is 5.69 Å². The molecular weight excluding hydrogens is 298 g/mol. The molecule has 23 heavy (non-hydrogen) atoms. The van der Waals surface area contributed by atoms with Crippen molar-refractivity contribution < 1.29 is 14.1 Å². The monoisotopic (exact) mass is 309 g/mol. The van der Waals surface area contributed by atoms with E-state index < -0.39 is 16.3 Å². The number of aryl methyl sites for hydroxylation is 1. The summed E-state index contributed by atoms with van der Waals surface area (Å²) in [4.78, 5) is 34.7. The number of hydrogen-bond acceptors (Lipinski definition) is 5. The number of benzene rings is 2. The Labute approximate surface area is 130 Å². The fourth-order valence-corrected chi connectivity index (χ4v) is 2.24. The van der Waals surface area contributed by atoms with E-state index in [0.29, 0.717) is 10.9 Å². The molecule has 3 rings (SSSR count). The number of ketones is 1. The molecule has 0 bridgehead atoms. The van der Waals surface area contributed by atoms with Crippen molar-refractivity contribution >= 4 is 22.4 Å². The molecule has 0 saturated heterocycles. The first-order valence-corrected chi connectivity index (χ1v) is 6.79. The summed E-state index contributed by atoms with van der Waals surface area (Å²) in [7, 11) is 0. The number of fused-ring (bicyclic) bond motifs is 1. The minimum Gasteiger partial charge on any atom is -0.422 e. The van der Waals surface area contributed by atoms with Crippen LogP contribution in [0.5, 0.6) is 0 Å². The molecule has 0 amide bonds. The number of non-ortho nitro benzene ring substituents is 1. The lowest BCUT2D eigenvalue weighted by Crippen LogP contribution is -2.14. The third kappa shape index (κ3) is 2.74. The Balaban J connectivity index is 2.14. The summed E-state index contributed by atoms with van der Waals surface area (Å²) in [5, 5.41) is 11.2. The lowest BCUT2D eigenvalue weighted by atomic mass is 10.0. The van der Waals surface area contributed by atoms with Crippen molar-refractivity contribution in [1.82, 2.24) is 0 Å². The highest BCUT2D eigenvalue weighted by Crippen LogP contribution is 2.21. The van der Waals surface area contributed by atoms with Gasteiger partial charge in [-0.05, 0) is 19.1 Å². The number of carbonyl (C=O) groups excluding carboxylic acids is 1. The Morgan fingerprint density at radius 2 is 1.78 bits per heavy atom. The van der Waals surface area contributed by atoms with E-state index in [1.165, 1.54) is 24.3 Å². The van der Waals surface area contributed by atoms with Gasteiger partial charge in [-0.1, -0.05) is 29.8 Å². The molecule has 0 saturated carbocycles. The van der Waals surface area contributed by atoms with Crippen molar-refractivity contribution in [3.05, 3.63) is 85.8 Å². The van der Waals surface area contributed by atoms with E-state index in [0.717, 1.165) is 5.56 Å². The summed E-state index contributed by atoms with van der Waals surface area (Å²) in [6.07, 6.45) is 0. The highest BCUT2D eigenvalue weighted by atomic mass is 16.6. The molecule has 0 spiro atoms. The third-order valence-corrected chi connectivity index (χ3v) is 3.48. The Morgan fingerprint density at radius 1 is 1.09 bits per heavy atom. The lowest BCUT2D eigenvalue weighted by molar-refractivity contribution is -0.384. The third-order valence-electron chi connectivity index (χ3n) is 3.48. The Morgan fingerprint density at radius 3 is 2.43 bits per heavy atom. The van der Waals surface area contributed by atoms with Gasteiger partial charge in [-0.15, -0.1) is 0 Å². The lowest BCUT2D eigenvalue weighted by Gasteiger charge is -2.03. The van der Waals surface area contributed by atoms with Gasteiger partial charge in [0, 0.05) is 23.1 Å². The van der Waals surface area contributed by atoms with Gasteiger partial charge in [-0.2, -0.15) is 0 Å². The van der Waals surface area contributed by atoms with Gasteiger partial charge >= 0.3 is 5.63 Å². The molecule has 0 fully saturated rings. The van der Waals surface area contributed by atoms with Crippen molar-refractivity contribution in [1.29, 1.82) is 0 Å². The van der Waals surface area contributed by atoms with Gasteiger partial charge in [-0.25, -0.2) is 4.79 Å². The molecule has 0 aliphatic heterocycles. The maximum absolute atomic E-state index is 12.4. The Bertz CT molecular complexity index is 986. The molecular formula is C17H11NO5. The molecule has 6 nitrogen and oxygen atoms in total. The van der Waals surface area contributed by atoms with E-state index in [2.05, 4.69) is 0 Å². The zero-order chi connectivity index (χ0) is 16.6. The average molecular weight is 309 g/mol.